The van der Waals surface area contributed by atoms with Gasteiger partial charge in [0, 0.05) is 36.5 Å². The highest BCUT2D eigenvalue weighted by atomic mass is 32.1. The van der Waals surface area contributed by atoms with Crippen molar-refractivity contribution in [1.29, 1.82) is 0 Å². The topological polar surface area (TPSA) is 15.3 Å². The van der Waals surface area contributed by atoms with Gasteiger partial charge in [-0.1, -0.05) is 6.07 Å². The van der Waals surface area contributed by atoms with Crippen molar-refractivity contribution in [3.05, 3.63) is 22.4 Å². The van der Waals surface area contributed by atoms with E-state index in [0.717, 1.165) is 25.6 Å². The summed E-state index contributed by atoms with van der Waals surface area (Å²) < 4.78 is 0. The summed E-state index contributed by atoms with van der Waals surface area (Å²) in [6.07, 6.45) is 8.19. The molecule has 0 amide bonds. The highest BCUT2D eigenvalue weighted by Gasteiger charge is 2.38. The summed E-state index contributed by atoms with van der Waals surface area (Å²) in [4.78, 5) is 4.01. The summed E-state index contributed by atoms with van der Waals surface area (Å²) in [7, 11) is 0. The minimum Gasteiger partial charge on any atom is -0.310 e. The molecule has 0 saturated carbocycles. The lowest BCUT2D eigenvalue weighted by Crippen LogP contribution is -2.55. The van der Waals surface area contributed by atoms with E-state index in [1.807, 2.05) is 11.3 Å². The van der Waals surface area contributed by atoms with Crippen LogP contribution in [0.2, 0.25) is 0 Å². The Morgan fingerprint density at radius 1 is 1.56 bits per heavy atom. The number of rotatable bonds is 4. The highest BCUT2D eigenvalue weighted by Crippen LogP contribution is 2.35. The van der Waals surface area contributed by atoms with Gasteiger partial charge in [0.1, 0.15) is 0 Å². The van der Waals surface area contributed by atoms with Gasteiger partial charge in [-0.05, 0) is 36.8 Å². The van der Waals surface area contributed by atoms with Crippen LogP contribution in [0.5, 0.6) is 0 Å². The lowest BCUT2D eigenvalue weighted by atomic mass is 9.76. The number of terminal acetylenes is 1. The molecule has 1 unspecified atom stereocenters. The number of thiophene rings is 1. The van der Waals surface area contributed by atoms with Crippen molar-refractivity contribution >= 4 is 11.3 Å². The molecule has 3 saturated heterocycles. The number of hydrogen-bond donors (Lipinski definition) is 1. The summed E-state index contributed by atoms with van der Waals surface area (Å²) in [5.41, 5.74) is 0. The molecule has 4 rings (SSSR count). The van der Waals surface area contributed by atoms with Crippen LogP contribution in [0.3, 0.4) is 0 Å². The van der Waals surface area contributed by atoms with E-state index in [4.69, 9.17) is 6.42 Å². The van der Waals surface area contributed by atoms with E-state index in [-0.39, 0.29) is 0 Å². The first-order valence-corrected chi connectivity index (χ1v) is 7.68. The summed E-state index contributed by atoms with van der Waals surface area (Å²) >= 11 is 1.83. The van der Waals surface area contributed by atoms with Crippen LogP contribution in [0.25, 0.3) is 0 Å². The summed E-state index contributed by atoms with van der Waals surface area (Å²) in [5.74, 6) is 4.25. The Morgan fingerprint density at radius 2 is 2.50 bits per heavy atom. The molecule has 3 fully saturated rings. The first kappa shape index (κ1) is 12.2. The van der Waals surface area contributed by atoms with Crippen LogP contribution < -0.4 is 5.32 Å². The molecule has 0 aliphatic carbocycles. The molecule has 2 bridgehead atoms. The molecule has 3 heteroatoms. The van der Waals surface area contributed by atoms with Crippen LogP contribution in [0, 0.1) is 24.2 Å². The van der Waals surface area contributed by atoms with Crippen molar-refractivity contribution in [2.24, 2.45) is 11.8 Å². The average molecular weight is 260 g/mol. The van der Waals surface area contributed by atoms with Crippen molar-refractivity contribution < 1.29 is 0 Å². The monoisotopic (exact) mass is 260 g/mol. The van der Waals surface area contributed by atoms with E-state index >= 15 is 0 Å². The maximum atomic E-state index is 5.61. The van der Waals surface area contributed by atoms with Crippen molar-refractivity contribution in [3.63, 3.8) is 0 Å². The van der Waals surface area contributed by atoms with Gasteiger partial charge in [-0.25, -0.2) is 0 Å². The molecule has 18 heavy (non-hydrogen) atoms. The van der Waals surface area contributed by atoms with Gasteiger partial charge in [-0.3, -0.25) is 4.90 Å². The standard InChI is InChI=1S/C15H20N2S/c1-2-12-11-17-6-5-13(12)8-14(17)9-16-10-15-4-3-7-18-15/h1,3-4,7,12-14,16H,5-6,8-11H2/t12-,13-,14+/m0/s1. The molecule has 0 spiro atoms. The minimum atomic E-state index is 0.507. The van der Waals surface area contributed by atoms with Gasteiger partial charge in [0.15, 0.2) is 0 Å². The Labute approximate surface area is 113 Å². The number of nitrogens with zero attached hydrogens (tertiary/aromatic N) is 1. The van der Waals surface area contributed by atoms with Crippen LogP contribution in [-0.4, -0.2) is 30.6 Å². The molecule has 2 nitrogen and oxygen atoms in total. The van der Waals surface area contributed by atoms with Crippen molar-refractivity contribution in [3.8, 4) is 12.3 Å². The zero-order valence-corrected chi connectivity index (χ0v) is 11.5. The molecule has 1 N–H and O–H groups in total. The van der Waals surface area contributed by atoms with E-state index in [0.29, 0.717) is 12.0 Å². The van der Waals surface area contributed by atoms with E-state index in [2.05, 4.69) is 33.6 Å². The molecule has 1 aromatic heterocycles. The predicted octanol–water partition coefficient (Wildman–Crippen LogP) is 2.18. The predicted molar refractivity (Wildman–Crippen MR) is 76.4 cm³/mol. The van der Waals surface area contributed by atoms with E-state index in [1.165, 1.54) is 24.3 Å². The summed E-state index contributed by atoms with van der Waals surface area (Å²) in [6, 6.07) is 5.01. The van der Waals surface area contributed by atoms with Crippen molar-refractivity contribution in [1.82, 2.24) is 10.2 Å². The van der Waals surface area contributed by atoms with Crippen LogP contribution in [-0.2, 0) is 6.54 Å². The zero-order chi connectivity index (χ0) is 12.4. The lowest BCUT2D eigenvalue weighted by molar-refractivity contribution is 0.0228. The fraction of sp³-hybridized carbons (Fsp3) is 0.600. The van der Waals surface area contributed by atoms with Gasteiger partial charge in [0.25, 0.3) is 0 Å². The van der Waals surface area contributed by atoms with Gasteiger partial charge in [0.2, 0.25) is 0 Å². The molecule has 1 aromatic rings. The Bertz CT molecular complexity index is 420. The van der Waals surface area contributed by atoms with Crippen molar-refractivity contribution in [2.75, 3.05) is 19.6 Å². The molecule has 4 atom stereocenters. The Balaban J connectivity index is 1.49. The van der Waals surface area contributed by atoms with E-state index < -0.39 is 0 Å². The Morgan fingerprint density at radius 3 is 3.17 bits per heavy atom. The van der Waals surface area contributed by atoms with Crippen molar-refractivity contribution in [2.45, 2.75) is 25.4 Å². The Hall–Kier alpha value is -0.820. The maximum Gasteiger partial charge on any atom is 0.0356 e. The van der Waals surface area contributed by atoms with E-state index in [9.17, 15) is 0 Å². The maximum absolute atomic E-state index is 5.61. The highest BCUT2D eigenvalue weighted by molar-refractivity contribution is 7.09. The number of nitrogens with one attached hydrogen (secondary N) is 1. The number of piperidine rings is 3. The third-order valence-electron chi connectivity index (χ3n) is 4.35. The fourth-order valence-corrected chi connectivity index (χ4v) is 3.99. The molecule has 96 valence electrons. The van der Waals surface area contributed by atoms with Gasteiger partial charge >= 0.3 is 0 Å². The first-order valence-electron chi connectivity index (χ1n) is 6.80. The second-order valence-electron chi connectivity index (χ2n) is 5.42. The molecule has 0 aromatic carbocycles. The Kier molecular flexibility index (Phi) is 3.69. The molecule has 0 radical (unpaired) electrons. The average Bonchev–Trinajstić information content (AvgIpc) is 2.92. The fourth-order valence-electron chi connectivity index (χ4n) is 3.31. The molecular formula is C15H20N2S. The van der Waals surface area contributed by atoms with Gasteiger partial charge in [-0.15, -0.1) is 23.7 Å². The summed E-state index contributed by atoms with van der Waals surface area (Å²) in [6.45, 7) is 4.47. The van der Waals surface area contributed by atoms with Gasteiger partial charge in [-0.2, -0.15) is 0 Å². The van der Waals surface area contributed by atoms with Gasteiger partial charge in [0.05, 0.1) is 0 Å². The zero-order valence-electron chi connectivity index (χ0n) is 10.6. The SMILES string of the molecule is C#C[C@H]1CN2CC[C@H]1C[C@@H]2CNCc1cccs1. The summed E-state index contributed by atoms with van der Waals surface area (Å²) in [5, 5.41) is 5.73. The second-order valence-corrected chi connectivity index (χ2v) is 6.45. The minimum absolute atomic E-state index is 0.507. The van der Waals surface area contributed by atoms with Crippen LogP contribution in [0.15, 0.2) is 17.5 Å². The van der Waals surface area contributed by atoms with E-state index in [1.54, 1.807) is 0 Å². The largest absolute Gasteiger partial charge is 0.310 e. The number of fused-ring (bicyclic) bond motifs is 3. The normalized spacial score (nSPS) is 34.4. The lowest BCUT2D eigenvalue weighted by Gasteiger charge is -2.48. The molecule has 3 aliphatic rings. The third-order valence-corrected chi connectivity index (χ3v) is 5.23. The molecular weight excluding hydrogens is 240 g/mol. The molecule has 3 aliphatic heterocycles. The quantitative estimate of drug-likeness (QED) is 0.835. The first-order chi connectivity index (χ1) is 8.86. The van der Waals surface area contributed by atoms with Crippen LogP contribution in [0.1, 0.15) is 17.7 Å². The molecule has 4 heterocycles. The van der Waals surface area contributed by atoms with Crippen LogP contribution in [0.4, 0.5) is 0 Å². The third kappa shape index (κ3) is 2.47. The number of hydrogen-bond acceptors (Lipinski definition) is 3. The van der Waals surface area contributed by atoms with Gasteiger partial charge < -0.3 is 5.32 Å². The van der Waals surface area contributed by atoms with Crippen LogP contribution >= 0.6 is 11.3 Å². The second kappa shape index (κ2) is 5.44. The smallest absolute Gasteiger partial charge is 0.0356 e.